The summed E-state index contributed by atoms with van der Waals surface area (Å²) < 4.78 is 42.5. The standard InChI is InChI=1S/C17H18N2O8S/c1-10-7-12(19(21)22)5-6-15(10)28(23,24)18-17(20)11-8-13(25-2)16(27-4)14(9-11)26-3/h5-9H,1-4H3,(H,18,20). The van der Waals surface area contributed by atoms with Gasteiger partial charge in [-0.05, 0) is 30.7 Å². The molecule has 0 heterocycles. The highest BCUT2D eigenvalue weighted by Gasteiger charge is 2.24. The molecule has 0 atom stereocenters. The molecule has 10 nitrogen and oxygen atoms in total. The molecule has 150 valence electrons. The molecule has 0 aromatic heterocycles. The zero-order valence-corrected chi connectivity index (χ0v) is 16.3. The second-order valence-electron chi connectivity index (χ2n) is 5.56. The highest BCUT2D eigenvalue weighted by molar-refractivity contribution is 7.90. The lowest BCUT2D eigenvalue weighted by atomic mass is 10.1. The number of nitrogens with zero attached hydrogens (tertiary/aromatic N) is 1. The molecule has 2 aromatic rings. The second kappa shape index (κ2) is 8.13. The number of hydrogen-bond acceptors (Lipinski definition) is 8. The Bertz CT molecular complexity index is 1010. The van der Waals surface area contributed by atoms with E-state index in [1.807, 2.05) is 4.72 Å². The number of hydrogen-bond donors (Lipinski definition) is 1. The maximum absolute atomic E-state index is 12.6. The van der Waals surface area contributed by atoms with E-state index < -0.39 is 20.9 Å². The maximum atomic E-state index is 12.6. The van der Waals surface area contributed by atoms with Crippen LogP contribution in [-0.4, -0.2) is 40.6 Å². The molecule has 0 bridgehead atoms. The normalized spacial score (nSPS) is 10.9. The quantitative estimate of drug-likeness (QED) is 0.541. The molecular weight excluding hydrogens is 392 g/mol. The number of nitro benzene ring substituents is 1. The fourth-order valence-electron chi connectivity index (χ4n) is 2.50. The van der Waals surface area contributed by atoms with Crippen molar-refractivity contribution >= 4 is 21.6 Å². The number of sulfonamides is 1. The molecule has 1 N–H and O–H groups in total. The maximum Gasteiger partial charge on any atom is 0.269 e. The van der Waals surface area contributed by atoms with Gasteiger partial charge < -0.3 is 14.2 Å². The first-order valence-corrected chi connectivity index (χ1v) is 9.25. The summed E-state index contributed by atoms with van der Waals surface area (Å²) in [4.78, 5) is 22.4. The van der Waals surface area contributed by atoms with E-state index in [1.165, 1.54) is 40.4 Å². The van der Waals surface area contributed by atoms with Gasteiger partial charge >= 0.3 is 0 Å². The van der Waals surface area contributed by atoms with Gasteiger partial charge in [0.1, 0.15) is 0 Å². The van der Waals surface area contributed by atoms with E-state index in [9.17, 15) is 23.3 Å². The van der Waals surface area contributed by atoms with Crippen LogP contribution in [0.3, 0.4) is 0 Å². The van der Waals surface area contributed by atoms with Gasteiger partial charge in [-0.15, -0.1) is 0 Å². The largest absolute Gasteiger partial charge is 0.493 e. The number of ether oxygens (including phenoxy) is 3. The summed E-state index contributed by atoms with van der Waals surface area (Å²) in [7, 11) is -0.166. The Labute approximate surface area is 161 Å². The predicted octanol–water partition coefficient (Wildman–Crippen LogP) is 2.05. The first-order valence-electron chi connectivity index (χ1n) is 7.76. The molecule has 0 spiro atoms. The minimum absolute atomic E-state index is 0.0439. The molecule has 2 aromatic carbocycles. The minimum atomic E-state index is -4.27. The molecule has 0 saturated heterocycles. The molecule has 0 unspecified atom stereocenters. The van der Waals surface area contributed by atoms with Crippen molar-refractivity contribution in [3.63, 3.8) is 0 Å². The van der Waals surface area contributed by atoms with Crippen molar-refractivity contribution in [3.8, 4) is 17.2 Å². The van der Waals surface area contributed by atoms with Crippen molar-refractivity contribution in [2.24, 2.45) is 0 Å². The number of amides is 1. The number of nitro groups is 1. The third kappa shape index (κ3) is 4.14. The number of aryl methyl sites for hydroxylation is 1. The molecule has 0 aliphatic rings. The van der Waals surface area contributed by atoms with Crippen LogP contribution in [0.4, 0.5) is 5.69 Å². The first-order chi connectivity index (χ1) is 13.1. The van der Waals surface area contributed by atoms with Crippen molar-refractivity contribution in [1.29, 1.82) is 0 Å². The van der Waals surface area contributed by atoms with Crippen LogP contribution in [-0.2, 0) is 10.0 Å². The second-order valence-corrected chi connectivity index (χ2v) is 7.21. The average molecular weight is 410 g/mol. The minimum Gasteiger partial charge on any atom is -0.493 e. The van der Waals surface area contributed by atoms with E-state index in [2.05, 4.69) is 0 Å². The van der Waals surface area contributed by atoms with Gasteiger partial charge in [0.15, 0.2) is 11.5 Å². The number of carbonyl (C=O) groups is 1. The Morgan fingerprint density at radius 3 is 2.04 bits per heavy atom. The van der Waals surface area contributed by atoms with E-state index in [4.69, 9.17) is 14.2 Å². The van der Waals surface area contributed by atoms with Crippen LogP contribution in [0.5, 0.6) is 17.2 Å². The van der Waals surface area contributed by atoms with Crippen LogP contribution in [0.2, 0.25) is 0 Å². The Morgan fingerprint density at radius 2 is 1.61 bits per heavy atom. The summed E-state index contributed by atoms with van der Waals surface area (Å²) in [5.41, 5.74) is -0.176. The molecule has 0 aliphatic carbocycles. The Morgan fingerprint density at radius 1 is 1.04 bits per heavy atom. The van der Waals surface area contributed by atoms with Crippen LogP contribution in [0.15, 0.2) is 35.2 Å². The van der Waals surface area contributed by atoms with Gasteiger partial charge in [0.25, 0.3) is 21.6 Å². The number of nitrogens with one attached hydrogen (secondary N) is 1. The van der Waals surface area contributed by atoms with Crippen LogP contribution in [0, 0.1) is 17.0 Å². The topological polar surface area (TPSA) is 134 Å². The zero-order chi connectivity index (χ0) is 21.1. The van der Waals surface area contributed by atoms with Crippen LogP contribution in [0.25, 0.3) is 0 Å². The summed E-state index contributed by atoms with van der Waals surface area (Å²) in [5.74, 6) is -0.334. The summed E-state index contributed by atoms with van der Waals surface area (Å²) >= 11 is 0. The van der Waals surface area contributed by atoms with Crippen molar-refractivity contribution in [2.75, 3.05) is 21.3 Å². The fraction of sp³-hybridized carbons (Fsp3) is 0.235. The average Bonchev–Trinajstić information content (AvgIpc) is 2.65. The number of benzene rings is 2. The third-order valence-electron chi connectivity index (χ3n) is 3.81. The molecule has 28 heavy (non-hydrogen) atoms. The van der Waals surface area contributed by atoms with Crippen LogP contribution >= 0.6 is 0 Å². The molecule has 1 amide bonds. The van der Waals surface area contributed by atoms with Gasteiger partial charge in [-0.2, -0.15) is 0 Å². The molecule has 11 heteroatoms. The number of rotatable bonds is 7. The summed E-state index contributed by atoms with van der Waals surface area (Å²) in [5, 5.41) is 10.8. The fourth-order valence-corrected chi connectivity index (χ4v) is 3.70. The molecule has 0 aliphatic heterocycles. The molecular formula is C17H18N2O8S. The van der Waals surface area contributed by atoms with Crippen molar-refractivity contribution in [1.82, 2.24) is 4.72 Å². The van der Waals surface area contributed by atoms with E-state index >= 15 is 0 Å². The summed E-state index contributed by atoms with van der Waals surface area (Å²) in [6, 6.07) is 5.83. The third-order valence-corrected chi connectivity index (χ3v) is 5.30. The van der Waals surface area contributed by atoms with Gasteiger partial charge in [0.2, 0.25) is 5.75 Å². The summed E-state index contributed by atoms with van der Waals surface area (Å²) in [6.07, 6.45) is 0. The SMILES string of the molecule is COc1cc(C(=O)NS(=O)(=O)c2ccc([N+](=O)[O-])cc2C)cc(OC)c1OC. The number of carbonyl (C=O) groups excluding carboxylic acids is 1. The molecule has 0 radical (unpaired) electrons. The van der Waals surface area contributed by atoms with Gasteiger partial charge in [-0.1, -0.05) is 0 Å². The zero-order valence-electron chi connectivity index (χ0n) is 15.5. The van der Waals surface area contributed by atoms with E-state index in [1.54, 1.807) is 0 Å². The van der Waals surface area contributed by atoms with E-state index in [0.717, 1.165) is 18.2 Å². The molecule has 2 rings (SSSR count). The lowest BCUT2D eigenvalue weighted by molar-refractivity contribution is -0.385. The first kappa shape index (κ1) is 21.0. The smallest absolute Gasteiger partial charge is 0.269 e. The van der Waals surface area contributed by atoms with Gasteiger partial charge in [0.05, 0.1) is 31.1 Å². The van der Waals surface area contributed by atoms with Crippen molar-refractivity contribution < 1.29 is 32.3 Å². The monoisotopic (exact) mass is 410 g/mol. The number of methoxy groups -OCH3 is 3. The Kier molecular flexibility index (Phi) is 6.09. The number of non-ortho nitro benzene ring substituents is 1. The highest BCUT2D eigenvalue weighted by Crippen LogP contribution is 2.38. The van der Waals surface area contributed by atoms with E-state index in [0.29, 0.717) is 0 Å². The molecule has 0 fully saturated rings. The highest BCUT2D eigenvalue weighted by atomic mass is 32.2. The molecule has 0 saturated carbocycles. The lowest BCUT2D eigenvalue weighted by Crippen LogP contribution is -2.31. The van der Waals surface area contributed by atoms with E-state index in [-0.39, 0.29) is 39.0 Å². The van der Waals surface area contributed by atoms with Crippen molar-refractivity contribution in [3.05, 3.63) is 51.6 Å². The van der Waals surface area contributed by atoms with Crippen LogP contribution < -0.4 is 18.9 Å². The van der Waals surface area contributed by atoms with Gasteiger partial charge in [-0.3, -0.25) is 14.9 Å². The Hall–Kier alpha value is -3.34. The van der Waals surface area contributed by atoms with Crippen LogP contribution in [0.1, 0.15) is 15.9 Å². The summed E-state index contributed by atoms with van der Waals surface area (Å²) in [6.45, 7) is 1.39. The Balaban J connectivity index is 2.40. The predicted molar refractivity (Wildman–Crippen MR) is 98.6 cm³/mol. The van der Waals surface area contributed by atoms with Crippen molar-refractivity contribution in [2.45, 2.75) is 11.8 Å². The lowest BCUT2D eigenvalue weighted by Gasteiger charge is -2.14. The van der Waals surface area contributed by atoms with Gasteiger partial charge in [0, 0.05) is 17.7 Å². The van der Waals surface area contributed by atoms with Gasteiger partial charge in [-0.25, -0.2) is 13.1 Å².